The summed E-state index contributed by atoms with van der Waals surface area (Å²) in [6.07, 6.45) is 5.50. The summed E-state index contributed by atoms with van der Waals surface area (Å²) in [5.74, 6) is 0.0393. The topological polar surface area (TPSA) is 20.2 Å². The van der Waals surface area contributed by atoms with Crippen LogP contribution in [-0.2, 0) is 0 Å². The van der Waals surface area contributed by atoms with E-state index in [0.29, 0.717) is 0 Å². The van der Waals surface area contributed by atoms with Crippen LogP contribution in [0.15, 0.2) is 49.1 Å². The molecule has 15 heavy (non-hydrogen) atoms. The Morgan fingerprint density at radius 3 is 2.47 bits per heavy atom. The molecule has 1 rings (SSSR count). The van der Waals surface area contributed by atoms with Crippen LogP contribution in [0.25, 0.3) is 6.08 Å². The zero-order valence-electron chi connectivity index (χ0n) is 9.35. The Kier molecular flexibility index (Phi) is 3.87. The van der Waals surface area contributed by atoms with Crippen molar-refractivity contribution in [1.82, 2.24) is 0 Å². The fraction of sp³-hybridized carbons (Fsp3) is 0.286. The van der Waals surface area contributed by atoms with E-state index in [1.54, 1.807) is 13.0 Å². The molecule has 0 bridgehead atoms. The first-order valence-electron chi connectivity index (χ1n) is 5.15. The van der Waals surface area contributed by atoms with E-state index in [-0.39, 0.29) is 5.92 Å². The van der Waals surface area contributed by atoms with Crippen molar-refractivity contribution in [2.45, 2.75) is 19.4 Å². The van der Waals surface area contributed by atoms with E-state index in [1.165, 1.54) is 0 Å². The molecule has 0 aromatic heterocycles. The molecule has 1 aromatic carbocycles. The van der Waals surface area contributed by atoms with Crippen LogP contribution in [0.4, 0.5) is 0 Å². The lowest BCUT2D eigenvalue weighted by Gasteiger charge is -2.24. The largest absolute Gasteiger partial charge is 0.385 e. The number of benzene rings is 1. The predicted octanol–water partition coefficient (Wildman–Crippen LogP) is 3.27. The van der Waals surface area contributed by atoms with Crippen molar-refractivity contribution in [3.63, 3.8) is 0 Å². The minimum absolute atomic E-state index is 0.0393. The molecule has 1 N–H and O–H groups in total. The van der Waals surface area contributed by atoms with E-state index in [2.05, 4.69) is 6.58 Å². The maximum atomic E-state index is 10.1. The van der Waals surface area contributed by atoms with E-state index >= 15 is 0 Å². The van der Waals surface area contributed by atoms with Crippen molar-refractivity contribution < 1.29 is 5.11 Å². The van der Waals surface area contributed by atoms with Gasteiger partial charge in [0.1, 0.15) is 0 Å². The van der Waals surface area contributed by atoms with Crippen LogP contribution in [-0.4, -0.2) is 10.7 Å². The van der Waals surface area contributed by atoms with Gasteiger partial charge in [0.2, 0.25) is 0 Å². The number of rotatable bonds is 4. The Balaban J connectivity index is 2.77. The van der Waals surface area contributed by atoms with Crippen molar-refractivity contribution >= 4 is 6.08 Å². The van der Waals surface area contributed by atoms with E-state index in [1.807, 2.05) is 49.4 Å². The van der Waals surface area contributed by atoms with E-state index in [4.69, 9.17) is 0 Å². The summed E-state index contributed by atoms with van der Waals surface area (Å²) in [5.41, 5.74) is 0.256. The highest BCUT2D eigenvalue weighted by molar-refractivity contribution is 5.50. The van der Waals surface area contributed by atoms with E-state index < -0.39 is 5.60 Å². The Bertz CT molecular complexity index is 336. The molecular weight excluding hydrogens is 184 g/mol. The molecular formula is C14H18O. The van der Waals surface area contributed by atoms with Gasteiger partial charge in [-0.2, -0.15) is 0 Å². The summed E-state index contributed by atoms with van der Waals surface area (Å²) >= 11 is 0. The van der Waals surface area contributed by atoms with Gasteiger partial charge in [0.15, 0.2) is 0 Å². The lowest BCUT2D eigenvalue weighted by Crippen LogP contribution is -2.28. The van der Waals surface area contributed by atoms with Gasteiger partial charge < -0.3 is 5.11 Å². The van der Waals surface area contributed by atoms with Crippen molar-refractivity contribution in [3.8, 4) is 0 Å². The highest BCUT2D eigenvalue weighted by atomic mass is 16.3. The summed E-state index contributed by atoms with van der Waals surface area (Å²) in [6, 6.07) is 9.94. The van der Waals surface area contributed by atoms with Crippen molar-refractivity contribution in [2.24, 2.45) is 5.92 Å². The molecule has 2 atom stereocenters. The minimum Gasteiger partial charge on any atom is -0.385 e. The van der Waals surface area contributed by atoms with Gasteiger partial charge in [0, 0.05) is 5.92 Å². The number of hydrogen-bond donors (Lipinski definition) is 1. The first-order chi connectivity index (χ1) is 7.06. The average Bonchev–Trinajstić information content (AvgIpc) is 2.27. The standard InChI is InChI=1S/C14H18O/c1-4-12(2)14(3,15)11-10-13-8-6-5-7-9-13/h4-12,15H,1H2,2-3H3/b11-10+. The van der Waals surface area contributed by atoms with Crippen LogP contribution < -0.4 is 0 Å². The van der Waals surface area contributed by atoms with Crippen LogP contribution in [0, 0.1) is 5.92 Å². The Morgan fingerprint density at radius 2 is 1.93 bits per heavy atom. The first kappa shape index (κ1) is 11.7. The fourth-order valence-electron chi connectivity index (χ4n) is 1.22. The van der Waals surface area contributed by atoms with Crippen LogP contribution in [0.3, 0.4) is 0 Å². The van der Waals surface area contributed by atoms with Gasteiger partial charge in [-0.3, -0.25) is 0 Å². The lowest BCUT2D eigenvalue weighted by atomic mass is 9.90. The predicted molar refractivity (Wildman–Crippen MR) is 65.5 cm³/mol. The lowest BCUT2D eigenvalue weighted by molar-refractivity contribution is 0.0754. The maximum absolute atomic E-state index is 10.1. The Hall–Kier alpha value is -1.34. The van der Waals surface area contributed by atoms with Crippen molar-refractivity contribution in [2.75, 3.05) is 0 Å². The SMILES string of the molecule is C=CC(C)C(C)(O)/C=C/c1ccccc1. The van der Waals surface area contributed by atoms with Gasteiger partial charge in [-0.1, -0.05) is 55.5 Å². The molecule has 0 aliphatic carbocycles. The summed E-state index contributed by atoms with van der Waals surface area (Å²) in [5, 5.41) is 10.1. The third-order valence-electron chi connectivity index (χ3n) is 2.69. The second kappa shape index (κ2) is 4.94. The molecule has 1 aromatic rings. The highest BCUT2D eigenvalue weighted by Crippen LogP contribution is 2.20. The highest BCUT2D eigenvalue weighted by Gasteiger charge is 2.21. The van der Waals surface area contributed by atoms with Crippen molar-refractivity contribution in [1.29, 1.82) is 0 Å². The first-order valence-corrected chi connectivity index (χ1v) is 5.15. The molecule has 0 radical (unpaired) electrons. The zero-order valence-corrected chi connectivity index (χ0v) is 9.35. The molecule has 1 heteroatoms. The van der Waals surface area contributed by atoms with E-state index in [9.17, 15) is 5.11 Å². The zero-order chi connectivity index (χ0) is 11.3. The molecule has 0 saturated carbocycles. The smallest absolute Gasteiger partial charge is 0.0862 e. The second-order valence-electron chi connectivity index (χ2n) is 3.99. The molecule has 0 spiro atoms. The van der Waals surface area contributed by atoms with E-state index in [0.717, 1.165) is 5.56 Å². The van der Waals surface area contributed by atoms with Crippen LogP contribution >= 0.6 is 0 Å². The van der Waals surface area contributed by atoms with Crippen LogP contribution in [0.5, 0.6) is 0 Å². The molecule has 80 valence electrons. The van der Waals surface area contributed by atoms with Gasteiger partial charge in [0.05, 0.1) is 5.60 Å². The van der Waals surface area contributed by atoms with Crippen LogP contribution in [0.2, 0.25) is 0 Å². The van der Waals surface area contributed by atoms with Gasteiger partial charge in [-0.25, -0.2) is 0 Å². The summed E-state index contributed by atoms with van der Waals surface area (Å²) in [4.78, 5) is 0. The molecule has 0 aliphatic heterocycles. The third kappa shape index (κ3) is 3.37. The monoisotopic (exact) mass is 202 g/mol. The summed E-state index contributed by atoms with van der Waals surface area (Å²) in [7, 11) is 0. The molecule has 0 saturated heterocycles. The number of hydrogen-bond acceptors (Lipinski definition) is 1. The molecule has 0 fully saturated rings. The quantitative estimate of drug-likeness (QED) is 0.743. The minimum atomic E-state index is -0.836. The normalized spacial score (nSPS) is 17.3. The van der Waals surface area contributed by atoms with Gasteiger partial charge in [-0.15, -0.1) is 6.58 Å². The second-order valence-corrected chi connectivity index (χ2v) is 3.99. The van der Waals surface area contributed by atoms with Crippen molar-refractivity contribution in [3.05, 3.63) is 54.6 Å². The third-order valence-corrected chi connectivity index (χ3v) is 2.69. The van der Waals surface area contributed by atoms with Gasteiger partial charge in [0.25, 0.3) is 0 Å². The van der Waals surface area contributed by atoms with Crippen LogP contribution in [0.1, 0.15) is 19.4 Å². The maximum Gasteiger partial charge on any atom is 0.0862 e. The molecule has 0 amide bonds. The Labute approximate surface area is 91.8 Å². The summed E-state index contributed by atoms with van der Waals surface area (Å²) < 4.78 is 0. The summed E-state index contributed by atoms with van der Waals surface area (Å²) in [6.45, 7) is 7.43. The van der Waals surface area contributed by atoms with Gasteiger partial charge >= 0.3 is 0 Å². The fourth-order valence-corrected chi connectivity index (χ4v) is 1.22. The molecule has 2 unspecified atom stereocenters. The Morgan fingerprint density at radius 1 is 1.33 bits per heavy atom. The average molecular weight is 202 g/mol. The molecule has 1 nitrogen and oxygen atoms in total. The molecule has 0 heterocycles. The number of aliphatic hydroxyl groups is 1. The van der Waals surface area contributed by atoms with Gasteiger partial charge in [-0.05, 0) is 12.5 Å². The molecule has 0 aliphatic rings.